The van der Waals surface area contributed by atoms with Gasteiger partial charge in [0.2, 0.25) is 0 Å². The van der Waals surface area contributed by atoms with Crippen LogP contribution in [0.3, 0.4) is 0 Å². The van der Waals surface area contributed by atoms with Gasteiger partial charge in [-0.2, -0.15) is 0 Å². The number of rotatable bonds is 6. The molecule has 0 amide bonds. The zero-order valence-electron chi connectivity index (χ0n) is 25.7. The largest absolute Gasteiger partial charge is 0.481 e. The van der Waals surface area contributed by atoms with E-state index >= 15 is 0 Å². The number of nitrogens with one attached hydrogen (secondary N) is 2. The zero-order valence-corrected chi connectivity index (χ0v) is 25.7. The van der Waals surface area contributed by atoms with Crippen molar-refractivity contribution in [1.82, 2.24) is 19.9 Å². The third-order valence-corrected chi connectivity index (χ3v) is 9.91. The molecule has 0 aromatic carbocycles. The zero-order chi connectivity index (χ0) is 31.8. The Kier molecular flexibility index (Phi) is 7.06. The molecular formula is C34H36N4O6. The van der Waals surface area contributed by atoms with Gasteiger partial charge in [-0.15, -0.1) is 0 Å². The van der Waals surface area contributed by atoms with Gasteiger partial charge in [-0.1, -0.05) is 20.8 Å². The van der Waals surface area contributed by atoms with Gasteiger partial charge in [0.1, 0.15) is 5.92 Å². The summed E-state index contributed by atoms with van der Waals surface area (Å²) in [5.74, 6) is -4.83. The quantitative estimate of drug-likeness (QED) is 0.184. The molecule has 2 aliphatic heterocycles. The molecule has 5 atom stereocenters. The van der Waals surface area contributed by atoms with Crippen LogP contribution in [0.15, 0.2) is 18.2 Å². The van der Waals surface area contributed by atoms with Crippen molar-refractivity contribution >= 4 is 45.6 Å². The van der Waals surface area contributed by atoms with Crippen LogP contribution in [-0.4, -0.2) is 53.7 Å². The highest BCUT2D eigenvalue weighted by molar-refractivity contribution is 6.23. The lowest BCUT2D eigenvalue weighted by atomic mass is 9.84. The van der Waals surface area contributed by atoms with Crippen LogP contribution in [0.2, 0.25) is 0 Å². The molecule has 0 saturated carbocycles. The second-order valence-electron chi connectivity index (χ2n) is 12.4. The number of hydrogen-bond donors (Lipinski definition) is 4. The molecule has 3 aromatic heterocycles. The Bertz CT molecular complexity index is 1950. The second-order valence-corrected chi connectivity index (χ2v) is 12.4. The summed E-state index contributed by atoms with van der Waals surface area (Å²) < 4.78 is 0. The molecule has 10 heteroatoms. The minimum absolute atomic E-state index is 0.0750. The molecule has 0 radical (unpaired) electrons. The Morgan fingerprint density at radius 3 is 2.11 bits per heavy atom. The maximum Gasteiger partial charge on any atom is 0.319 e. The van der Waals surface area contributed by atoms with Gasteiger partial charge < -0.3 is 20.2 Å². The Balaban J connectivity index is 1.81. The predicted molar refractivity (Wildman–Crippen MR) is 165 cm³/mol. The van der Waals surface area contributed by atoms with Crippen molar-refractivity contribution in [3.63, 3.8) is 0 Å². The van der Waals surface area contributed by atoms with E-state index in [-0.39, 0.29) is 36.4 Å². The lowest BCUT2D eigenvalue weighted by Gasteiger charge is -2.17. The number of nitrogens with zero attached hydrogens (tertiary/aromatic N) is 2. The van der Waals surface area contributed by atoms with E-state index < -0.39 is 29.6 Å². The molecule has 44 heavy (non-hydrogen) atoms. The van der Waals surface area contributed by atoms with Crippen molar-refractivity contribution in [2.24, 2.45) is 0 Å². The van der Waals surface area contributed by atoms with E-state index in [2.05, 4.69) is 23.8 Å². The highest BCUT2D eigenvalue weighted by Crippen LogP contribution is 2.48. The third-order valence-electron chi connectivity index (χ3n) is 9.91. The van der Waals surface area contributed by atoms with Gasteiger partial charge in [0.05, 0.1) is 16.7 Å². The minimum atomic E-state index is -1.45. The number of aromatic amines is 2. The van der Waals surface area contributed by atoms with Crippen molar-refractivity contribution in [2.45, 2.75) is 90.4 Å². The van der Waals surface area contributed by atoms with Crippen LogP contribution in [0.4, 0.5) is 0 Å². The van der Waals surface area contributed by atoms with Crippen molar-refractivity contribution < 1.29 is 29.4 Å². The van der Waals surface area contributed by atoms with Crippen LogP contribution in [0.25, 0.3) is 22.1 Å². The number of Topliss-reactive ketones (excluding diaryl/α,β-unsaturated/α-hetero) is 2. The molecule has 0 spiro atoms. The number of ketones is 2. The summed E-state index contributed by atoms with van der Waals surface area (Å²) in [6.45, 7) is 11.4. The number of hydrogen-bond acceptors (Lipinski definition) is 6. The van der Waals surface area contributed by atoms with E-state index in [1.54, 1.807) is 6.92 Å². The first-order valence-corrected chi connectivity index (χ1v) is 15.1. The normalized spacial score (nSPS) is 22.4. The van der Waals surface area contributed by atoms with Crippen LogP contribution in [0.5, 0.6) is 0 Å². The topological polar surface area (TPSA) is 166 Å². The number of aryl methyl sites for hydroxylation is 2. The molecule has 3 aliphatic rings. The Morgan fingerprint density at radius 1 is 0.864 bits per heavy atom. The van der Waals surface area contributed by atoms with E-state index in [1.165, 1.54) is 6.92 Å². The molecule has 0 saturated heterocycles. The number of aromatic nitrogens is 4. The summed E-state index contributed by atoms with van der Waals surface area (Å²) in [5.41, 5.74) is 7.76. The molecule has 0 fully saturated rings. The summed E-state index contributed by atoms with van der Waals surface area (Å²) >= 11 is 0. The second kappa shape index (κ2) is 10.5. The van der Waals surface area contributed by atoms with Crippen LogP contribution < -0.4 is 0 Å². The fourth-order valence-corrected chi connectivity index (χ4v) is 7.50. The standard InChI is InChI=1S/C34H36N4O6/c1-7-18-13(2)20-12-25-27(17(6)39)15(4)22(36-25)10-21-14(3)19(8-9-26(40)41)31(37-21)29-30(34(43)44)33(42)28-16(5)23(38-32(28)29)11-24(18)35-20/h10-14,18-19,30,36,38H,7-9H2,1-6H3,(H,40,41)(H,43,44)/t13-,14+,18-,19+,30-/m1/s1. The smallest absolute Gasteiger partial charge is 0.319 e. The van der Waals surface area contributed by atoms with E-state index in [4.69, 9.17) is 9.97 Å². The fraction of sp³-hybridized carbons (Fsp3) is 0.412. The van der Waals surface area contributed by atoms with Crippen molar-refractivity contribution in [1.29, 1.82) is 0 Å². The number of carbonyl (C=O) groups is 4. The van der Waals surface area contributed by atoms with Gasteiger partial charge in [-0.25, -0.2) is 0 Å². The van der Waals surface area contributed by atoms with Crippen LogP contribution in [-0.2, 0) is 9.59 Å². The first kappa shape index (κ1) is 29.5. The van der Waals surface area contributed by atoms with Gasteiger partial charge in [-0.3, -0.25) is 29.1 Å². The fourth-order valence-electron chi connectivity index (χ4n) is 7.50. The van der Waals surface area contributed by atoms with E-state index in [0.29, 0.717) is 55.7 Å². The lowest BCUT2D eigenvalue weighted by molar-refractivity contribution is -0.138. The Hall–Kier alpha value is -4.60. The van der Waals surface area contributed by atoms with Crippen LogP contribution >= 0.6 is 0 Å². The highest BCUT2D eigenvalue weighted by atomic mass is 16.4. The SMILES string of the molecule is CC[C@H]1c2cc3[nH]c4c(c3C)C(=O)[C@H](C(=O)O)c4c3nc(cc4[nH]c(cc(n2)[C@@H]1C)c(C(C)=O)c4C)[C@@H](C)[C@@H]3CCC(=O)O. The lowest BCUT2D eigenvalue weighted by Crippen LogP contribution is -2.19. The summed E-state index contributed by atoms with van der Waals surface area (Å²) in [4.78, 5) is 67.7. The molecule has 228 valence electrons. The monoisotopic (exact) mass is 596 g/mol. The molecular weight excluding hydrogens is 560 g/mol. The van der Waals surface area contributed by atoms with E-state index in [9.17, 15) is 29.4 Å². The first-order chi connectivity index (χ1) is 20.8. The highest BCUT2D eigenvalue weighted by Gasteiger charge is 2.45. The average molecular weight is 597 g/mol. The number of carboxylic acids is 2. The summed E-state index contributed by atoms with van der Waals surface area (Å²) in [5, 5.41) is 19.8. The number of carboxylic acid groups (broad SMARTS) is 2. The van der Waals surface area contributed by atoms with E-state index in [0.717, 1.165) is 23.4 Å². The molecule has 10 nitrogen and oxygen atoms in total. The van der Waals surface area contributed by atoms with Gasteiger partial charge in [-0.05, 0) is 62.9 Å². The van der Waals surface area contributed by atoms with Gasteiger partial charge in [0.15, 0.2) is 11.6 Å². The van der Waals surface area contributed by atoms with Gasteiger partial charge in [0, 0.05) is 74.9 Å². The number of carbonyl (C=O) groups excluding carboxylic acids is 2. The maximum atomic E-state index is 13.8. The number of aliphatic carboxylic acids is 2. The molecule has 3 aromatic rings. The molecule has 4 N–H and O–H groups in total. The Labute approximate surface area is 254 Å². The summed E-state index contributed by atoms with van der Waals surface area (Å²) in [6, 6.07) is 5.74. The Morgan fingerprint density at radius 2 is 1.48 bits per heavy atom. The molecule has 8 bridgehead atoms. The number of fused-ring (bicyclic) bond motifs is 8. The molecule has 0 unspecified atom stereocenters. The molecule has 6 rings (SSSR count). The predicted octanol–water partition coefficient (Wildman–Crippen LogP) is 6.55. The average Bonchev–Trinajstić information content (AvgIpc) is 3.68. The van der Waals surface area contributed by atoms with Crippen molar-refractivity contribution in [3.8, 4) is 0 Å². The molecule has 5 heterocycles. The van der Waals surface area contributed by atoms with Crippen molar-refractivity contribution in [3.05, 3.63) is 68.8 Å². The summed E-state index contributed by atoms with van der Waals surface area (Å²) in [7, 11) is 0. The van der Waals surface area contributed by atoms with Gasteiger partial charge in [0.25, 0.3) is 0 Å². The van der Waals surface area contributed by atoms with Crippen LogP contribution in [0, 0.1) is 13.8 Å². The van der Waals surface area contributed by atoms with Crippen molar-refractivity contribution in [2.75, 3.05) is 0 Å². The summed E-state index contributed by atoms with van der Waals surface area (Å²) in [6.07, 6.45) is 0.905. The number of H-pyrrole nitrogens is 2. The maximum absolute atomic E-state index is 13.8. The first-order valence-electron chi connectivity index (χ1n) is 15.1. The molecule has 1 aliphatic carbocycles. The van der Waals surface area contributed by atoms with Gasteiger partial charge >= 0.3 is 11.9 Å². The van der Waals surface area contributed by atoms with Crippen LogP contribution in [0.1, 0.15) is 137 Å². The third kappa shape index (κ3) is 4.38. The van der Waals surface area contributed by atoms with E-state index in [1.807, 2.05) is 32.0 Å². The minimum Gasteiger partial charge on any atom is -0.481 e.